The van der Waals surface area contributed by atoms with E-state index in [0.717, 1.165) is 18.8 Å². The maximum atomic E-state index is 13.4. The normalized spacial score (nSPS) is 29.1. The molecular weight excluding hydrogens is 215 g/mol. The predicted octanol–water partition coefficient (Wildman–Crippen LogP) is 4.34. The molecule has 0 saturated heterocycles. The average Bonchev–Trinajstić information content (AvgIpc) is 2.29. The molecule has 94 valence electrons. The summed E-state index contributed by atoms with van der Waals surface area (Å²) in [6, 6.07) is 5.14. The predicted molar refractivity (Wildman–Crippen MR) is 67.7 cm³/mol. The van der Waals surface area contributed by atoms with Crippen molar-refractivity contribution in [3.05, 3.63) is 29.6 Å². The molecule has 0 bridgehead atoms. The fourth-order valence-corrected chi connectivity index (χ4v) is 2.44. The number of aryl methyl sites for hydroxylation is 1. The van der Waals surface area contributed by atoms with Crippen LogP contribution in [0.1, 0.15) is 38.7 Å². The number of rotatable bonds is 2. The molecule has 0 heterocycles. The van der Waals surface area contributed by atoms with E-state index in [1.807, 2.05) is 6.07 Å². The molecule has 0 spiro atoms. The number of hydrogen-bond acceptors (Lipinski definition) is 1. The first-order valence-electron chi connectivity index (χ1n) is 6.49. The molecule has 0 amide bonds. The molecule has 3 atom stereocenters. The molecule has 1 aromatic rings. The topological polar surface area (TPSA) is 9.23 Å². The summed E-state index contributed by atoms with van der Waals surface area (Å²) in [5.41, 5.74) is 0.669. The van der Waals surface area contributed by atoms with Crippen LogP contribution in [0.4, 0.5) is 4.39 Å². The van der Waals surface area contributed by atoms with E-state index in [4.69, 9.17) is 4.74 Å². The smallest absolute Gasteiger partial charge is 0.129 e. The molecule has 3 unspecified atom stereocenters. The highest BCUT2D eigenvalue weighted by Crippen LogP contribution is 2.32. The molecule has 17 heavy (non-hydrogen) atoms. The standard InChI is InChI=1S/C15H21FO/c1-10-4-6-13(8-12(10)3)17-14-7-5-11(2)15(16)9-14/h5,7,9-10,12-13H,4,6,8H2,1-3H3. The second kappa shape index (κ2) is 5.07. The molecule has 2 rings (SSSR count). The van der Waals surface area contributed by atoms with Crippen molar-refractivity contribution in [1.82, 2.24) is 0 Å². The minimum Gasteiger partial charge on any atom is -0.490 e. The minimum absolute atomic E-state index is 0.181. The quantitative estimate of drug-likeness (QED) is 0.742. The van der Waals surface area contributed by atoms with Gasteiger partial charge in [0.25, 0.3) is 0 Å². The summed E-state index contributed by atoms with van der Waals surface area (Å²) >= 11 is 0. The fourth-order valence-electron chi connectivity index (χ4n) is 2.44. The third-order valence-corrected chi connectivity index (χ3v) is 4.00. The molecule has 1 saturated carbocycles. The highest BCUT2D eigenvalue weighted by Gasteiger charge is 2.25. The fraction of sp³-hybridized carbons (Fsp3) is 0.600. The summed E-state index contributed by atoms with van der Waals surface area (Å²) in [5, 5.41) is 0. The third kappa shape index (κ3) is 2.99. The Morgan fingerprint density at radius 1 is 1.18 bits per heavy atom. The first-order valence-corrected chi connectivity index (χ1v) is 6.49. The van der Waals surface area contributed by atoms with Crippen molar-refractivity contribution in [2.75, 3.05) is 0 Å². The Bertz CT molecular complexity index is 389. The van der Waals surface area contributed by atoms with Crippen LogP contribution in [0.5, 0.6) is 5.75 Å². The van der Waals surface area contributed by atoms with Crippen molar-refractivity contribution in [3.8, 4) is 5.75 Å². The van der Waals surface area contributed by atoms with Crippen LogP contribution in [0.2, 0.25) is 0 Å². The van der Waals surface area contributed by atoms with E-state index in [0.29, 0.717) is 17.2 Å². The van der Waals surface area contributed by atoms with Gasteiger partial charge in [-0.15, -0.1) is 0 Å². The Morgan fingerprint density at radius 3 is 2.59 bits per heavy atom. The van der Waals surface area contributed by atoms with Gasteiger partial charge in [-0.1, -0.05) is 19.9 Å². The maximum absolute atomic E-state index is 13.4. The summed E-state index contributed by atoms with van der Waals surface area (Å²) in [7, 11) is 0. The van der Waals surface area contributed by atoms with Crippen molar-refractivity contribution < 1.29 is 9.13 Å². The molecule has 1 aliphatic carbocycles. The summed E-state index contributed by atoms with van der Waals surface area (Å²) in [5.74, 6) is 1.97. The van der Waals surface area contributed by atoms with Gasteiger partial charge in [0.05, 0.1) is 6.10 Å². The monoisotopic (exact) mass is 236 g/mol. The summed E-state index contributed by atoms with van der Waals surface area (Å²) in [6.45, 7) is 6.34. The van der Waals surface area contributed by atoms with E-state index >= 15 is 0 Å². The second-order valence-corrected chi connectivity index (χ2v) is 5.42. The van der Waals surface area contributed by atoms with Gasteiger partial charge >= 0.3 is 0 Å². The molecule has 1 nitrogen and oxygen atoms in total. The van der Waals surface area contributed by atoms with Crippen molar-refractivity contribution >= 4 is 0 Å². The number of benzene rings is 1. The second-order valence-electron chi connectivity index (χ2n) is 5.42. The SMILES string of the molecule is Cc1ccc(OC2CCC(C)C(C)C2)cc1F. The molecular formula is C15H21FO. The zero-order valence-corrected chi connectivity index (χ0v) is 10.9. The van der Waals surface area contributed by atoms with Crippen LogP contribution in [0.3, 0.4) is 0 Å². The van der Waals surface area contributed by atoms with Gasteiger partial charge in [-0.2, -0.15) is 0 Å². The third-order valence-electron chi connectivity index (χ3n) is 4.00. The first-order chi connectivity index (χ1) is 8.06. The molecule has 0 radical (unpaired) electrons. The van der Waals surface area contributed by atoms with Gasteiger partial charge in [-0.25, -0.2) is 4.39 Å². The lowest BCUT2D eigenvalue weighted by Crippen LogP contribution is -2.28. The van der Waals surface area contributed by atoms with E-state index in [1.54, 1.807) is 13.0 Å². The van der Waals surface area contributed by atoms with Crippen LogP contribution in [0.25, 0.3) is 0 Å². The van der Waals surface area contributed by atoms with Crippen LogP contribution in [0.15, 0.2) is 18.2 Å². The van der Waals surface area contributed by atoms with Crippen LogP contribution in [-0.4, -0.2) is 6.10 Å². The molecule has 2 heteroatoms. The van der Waals surface area contributed by atoms with Crippen LogP contribution in [-0.2, 0) is 0 Å². The van der Waals surface area contributed by atoms with Gasteiger partial charge in [-0.3, -0.25) is 0 Å². The van der Waals surface area contributed by atoms with Gasteiger partial charge in [-0.05, 0) is 49.7 Å². The maximum Gasteiger partial charge on any atom is 0.129 e. The van der Waals surface area contributed by atoms with Gasteiger partial charge in [0.1, 0.15) is 11.6 Å². The minimum atomic E-state index is -0.181. The van der Waals surface area contributed by atoms with Gasteiger partial charge in [0, 0.05) is 6.07 Å². The summed E-state index contributed by atoms with van der Waals surface area (Å²) in [4.78, 5) is 0. The van der Waals surface area contributed by atoms with Gasteiger partial charge < -0.3 is 4.74 Å². The lowest BCUT2D eigenvalue weighted by Gasteiger charge is -2.32. The average molecular weight is 236 g/mol. The van der Waals surface area contributed by atoms with Crippen LogP contribution in [0, 0.1) is 24.6 Å². The molecule has 1 aliphatic rings. The Kier molecular flexibility index (Phi) is 3.70. The van der Waals surface area contributed by atoms with Gasteiger partial charge in [0.2, 0.25) is 0 Å². The lowest BCUT2D eigenvalue weighted by atomic mass is 9.80. The van der Waals surface area contributed by atoms with E-state index in [2.05, 4.69) is 13.8 Å². The van der Waals surface area contributed by atoms with Crippen molar-refractivity contribution in [1.29, 1.82) is 0 Å². The Balaban J connectivity index is 1.99. The largest absolute Gasteiger partial charge is 0.490 e. The molecule has 0 N–H and O–H groups in total. The Labute approximate surface area is 103 Å². The highest BCUT2D eigenvalue weighted by molar-refractivity contribution is 5.28. The van der Waals surface area contributed by atoms with Gasteiger partial charge in [0.15, 0.2) is 0 Å². The first kappa shape index (κ1) is 12.4. The highest BCUT2D eigenvalue weighted by atomic mass is 19.1. The van der Waals surface area contributed by atoms with Crippen LogP contribution >= 0.6 is 0 Å². The molecule has 1 fully saturated rings. The number of ether oxygens (including phenoxy) is 1. The number of hydrogen-bond donors (Lipinski definition) is 0. The van der Waals surface area contributed by atoms with E-state index in [9.17, 15) is 4.39 Å². The zero-order valence-electron chi connectivity index (χ0n) is 10.9. The lowest BCUT2D eigenvalue weighted by molar-refractivity contribution is 0.100. The summed E-state index contributed by atoms with van der Waals surface area (Å²) < 4.78 is 19.3. The van der Waals surface area contributed by atoms with Crippen molar-refractivity contribution in [3.63, 3.8) is 0 Å². The van der Waals surface area contributed by atoms with E-state index in [1.165, 1.54) is 12.5 Å². The summed E-state index contributed by atoms with van der Waals surface area (Å²) in [6.07, 6.45) is 3.63. The van der Waals surface area contributed by atoms with E-state index < -0.39 is 0 Å². The molecule has 0 aromatic heterocycles. The van der Waals surface area contributed by atoms with Crippen LogP contribution < -0.4 is 4.74 Å². The molecule has 0 aliphatic heterocycles. The number of halogens is 1. The zero-order chi connectivity index (χ0) is 12.4. The molecule has 1 aromatic carbocycles. The van der Waals surface area contributed by atoms with Crippen molar-refractivity contribution in [2.45, 2.75) is 46.1 Å². The van der Waals surface area contributed by atoms with Crippen molar-refractivity contribution in [2.24, 2.45) is 11.8 Å². The Morgan fingerprint density at radius 2 is 1.94 bits per heavy atom. The Hall–Kier alpha value is -1.05. The van der Waals surface area contributed by atoms with E-state index in [-0.39, 0.29) is 11.9 Å².